The van der Waals surface area contributed by atoms with Gasteiger partial charge in [-0.25, -0.2) is 4.79 Å². The maximum absolute atomic E-state index is 11.5. The maximum Gasteiger partial charge on any atom is 0.328 e. The van der Waals surface area contributed by atoms with Crippen LogP contribution in [-0.4, -0.2) is 36.0 Å². The van der Waals surface area contributed by atoms with E-state index in [-0.39, 0.29) is 11.8 Å². The van der Waals surface area contributed by atoms with Gasteiger partial charge in [-0.3, -0.25) is 9.59 Å². The predicted octanol–water partition coefficient (Wildman–Crippen LogP) is -0.0959. The van der Waals surface area contributed by atoms with E-state index in [9.17, 15) is 14.4 Å². The molecule has 0 aliphatic carbocycles. The fourth-order valence-corrected chi connectivity index (χ4v) is 1.24. The van der Waals surface area contributed by atoms with Crippen LogP contribution >= 0.6 is 0 Å². The highest BCUT2D eigenvalue weighted by molar-refractivity contribution is 5.96. The van der Waals surface area contributed by atoms with Crippen LogP contribution in [0.15, 0.2) is 12.2 Å². The maximum atomic E-state index is 11.5. The number of amides is 2. The first kappa shape index (κ1) is 15.2. The lowest BCUT2D eigenvalue weighted by atomic mass is 10.0. The summed E-state index contributed by atoms with van der Waals surface area (Å²) in [7, 11) is 1.48. The second-order valence-corrected chi connectivity index (χ2v) is 3.98. The fourth-order valence-electron chi connectivity index (χ4n) is 1.24. The van der Waals surface area contributed by atoms with Crippen molar-refractivity contribution < 1.29 is 19.5 Å². The van der Waals surface area contributed by atoms with Crippen LogP contribution in [0.3, 0.4) is 0 Å². The zero-order chi connectivity index (χ0) is 13.4. The summed E-state index contributed by atoms with van der Waals surface area (Å²) in [5.74, 6) is -1.86. The van der Waals surface area contributed by atoms with Crippen molar-refractivity contribution in [2.24, 2.45) is 5.92 Å². The molecule has 6 nitrogen and oxygen atoms in total. The lowest BCUT2D eigenvalue weighted by molar-refractivity contribution is -0.131. The van der Waals surface area contributed by atoms with Gasteiger partial charge in [0.2, 0.25) is 11.8 Å². The SMILES string of the molecule is CNC(=O)C(CC(C)C)NC(=O)/C=C/C(=O)O. The van der Waals surface area contributed by atoms with Gasteiger partial charge in [-0.05, 0) is 12.3 Å². The first-order valence-electron chi connectivity index (χ1n) is 5.30. The van der Waals surface area contributed by atoms with Crippen LogP contribution in [0.4, 0.5) is 0 Å². The van der Waals surface area contributed by atoms with Crippen LogP contribution in [0.2, 0.25) is 0 Å². The number of hydrogen-bond donors (Lipinski definition) is 3. The molecule has 0 aromatic heterocycles. The Morgan fingerprint density at radius 2 is 1.82 bits per heavy atom. The molecule has 6 heteroatoms. The van der Waals surface area contributed by atoms with E-state index in [0.29, 0.717) is 6.42 Å². The van der Waals surface area contributed by atoms with Crippen LogP contribution < -0.4 is 10.6 Å². The molecule has 0 rings (SSSR count). The molecule has 0 heterocycles. The molecule has 0 aromatic carbocycles. The topological polar surface area (TPSA) is 95.5 Å². The van der Waals surface area contributed by atoms with Gasteiger partial charge in [-0.2, -0.15) is 0 Å². The molecule has 2 amide bonds. The highest BCUT2D eigenvalue weighted by atomic mass is 16.4. The molecular weight excluding hydrogens is 224 g/mol. The van der Waals surface area contributed by atoms with Crippen molar-refractivity contribution in [1.82, 2.24) is 10.6 Å². The van der Waals surface area contributed by atoms with Crippen molar-refractivity contribution in [3.8, 4) is 0 Å². The quantitative estimate of drug-likeness (QED) is 0.567. The van der Waals surface area contributed by atoms with E-state index in [2.05, 4.69) is 10.6 Å². The lowest BCUT2D eigenvalue weighted by Crippen LogP contribution is -2.45. The molecular formula is C11H18N2O4. The zero-order valence-corrected chi connectivity index (χ0v) is 10.2. The Kier molecular flexibility index (Phi) is 6.62. The Hall–Kier alpha value is -1.85. The second kappa shape index (κ2) is 7.43. The molecule has 17 heavy (non-hydrogen) atoms. The van der Waals surface area contributed by atoms with Gasteiger partial charge in [0, 0.05) is 19.2 Å². The van der Waals surface area contributed by atoms with Gasteiger partial charge in [0.05, 0.1) is 0 Å². The third kappa shape index (κ3) is 7.10. The minimum atomic E-state index is -1.21. The summed E-state index contributed by atoms with van der Waals surface area (Å²) in [6.45, 7) is 3.85. The first-order chi connectivity index (χ1) is 7.86. The summed E-state index contributed by atoms with van der Waals surface area (Å²) in [6, 6.07) is -0.647. The Morgan fingerprint density at radius 1 is 1.24 bits per heavy atom. The average Bonchev–Trinajstić information content (AvgIpc) is 2.23. The number of rotatable bonds is 6. The van der Waals surface area contributed by atoms with Gasteiger partial charge >= 0.3 is 5.97 Å². The normalized spacial score (nSPS) is 12.5. The molecule has 0 saturated heterocycles. The molecule has 96 valence electrons. The number of carboxylic acid groups (broad SMARTS) is 1. The number of nitrogens with one attached hydrogen (secondary N) is 2. The van der Waals surface area contributed by atoms with E-state index in [4.69, 9.17) is 5.11 Å². The number of carbonyl (C=O) groups is 3. The molecule has 0 saturated carbocycles. The van der Waals surface area contributed by atoms with Crippen molar-refractivity contribution in [2.45, 2.75) is 26.3 Å². The van der Waals surface area contributed by atoms with Gasteiger partial charge in [0.25, 0.3) is 0 Å². The third-order valence-corrected chi connectivity index (χ3v) is 1.96. The van der Waals surface area contributed by atoms with Gasteiger partial charge in [-0.15, -0.1) is 0 Å². The van der Waals surface area contributed by atoms with Gasteiger partial charge in [0.1, 0.15) is 6.04 Å². The second-order valence-electron chi connectivity index (χ2n) is 3.98. The highest BCUT2D eigenvalue weighted by Crippen LogP contribution is 2.04. The molecule has 1 unspecified atom stereocenters. The standard InChI is InChI=1S/C11H18N2O4/c1-7(2)6-8(11(17)12-3)13-9(14)4-5-10(15)16/h4-5,7-8H,6H2,1-3H3,(H,12,17)(H,13,14)(H,15,16)/b5-4+. The Balaban J connectivity index is 4.47. The Labute approximate surface area is 100 Å². The smallest absolute Gasteiger partial charge is 0.328 e. The summed E-state index contributed by atoms with van der Waals surface area (Å²) < 4.78 is 0. The largest absolute Gasteiger partial charge is 0.478 e. The molecule has 0 aliphatic heterocycles. The number of likely N-dealkylation sites (N-methyl/N-ethyl adjacent to an activating group) is 1. The van der Waals surface area contributed by atoms with E-state index in [1.165, 1.54) is 7.05 Å². The van der Waals surface area contributed by atoms with Crippen LogP contribution in [0.1, 0.15) is 20.3 Å². The molecule has 0 spiro atoms. The van der Waals surface area contributed by atoms with Crippen molar-refractivity contribution in [1.29, 1.82) is 0 Å². The number of carbonyl (C=O) groups excluding carboxylic acids is 2. The van der Waals surface area contributed by atoms with Crippen molar-refractivity contribution >= 4 is 17.8 Å². The molecule has 3 N–H and O–H groups in total. The van der Waals surface area contributed by atoms with Crippen LogP contribution in [0.5, 0.6) is 0 Å². The minimum Gasteiger partial charge on any atom is -0.478 e. The zero-order valence-electron chi connectivity index (χ0n) is 10.2. The van der Waals surface area contributed by atoms with Gasteiger partial charge in [0.15, 0.2) is 0 Å². The fraction of sp³-hybridized carbons (Fsp3) is 0.545. The monoisotopic (exact) mass is 242 g/mol. The minimum absolute atomic E-state index is 0.237. The number of hydrogen-bond acceptors (Lipinski definition) is 3. The van der Waals surface area contributed by atoms with E-state index in [1.54, 1.807) is 0 Å². The van der Waals surface area contributed by atoms with Gasteiger partial charge in [-0.1, -0.05) is 13.8 Å². The Morgan fingerprint density at radius 3 is 2.24 bits per heavy atom. The first-order valence-corrected chi connectivity index (χ1v) is 5.30. The van der Waals surface area contributed by atoms with E-state index < -0.39 is 17.9 Å². The van der Waals surface area contributed by atoms with Crippen LogP contribution in [-0.2, 0) is 14.4 Å². The third-order valence-electron chi connectivity index (χ3n) is 1.96. The summed E-state index contributed by atoms with van der Waals surface area (Å²) >= 11 is 0. The van der Waals surface area contributed by atoms with Gasteiger partial charge < -0.3 is 15.7 Å². The highest BCUT2D eigenvalue weighted by Gasteiger charge is 2.19. The van der Waals surface area contributed by atoms with E-state index in [0.717, 1.165) is 12.2 Å². The van der Waals surface area contributed by atoms with Crippen LogP contribution in [0, 0.1) is 5.92 Å². The number of aliphatic carboxylic acids is 1. The van der Waals surface area contributed by atoms with Crippen molar-refractivity contribution in [3.63, 3.8) is 0 Å². The molecule has 1 atom stereocenters. The van der Waals surface area contributed by atoms with Crippen molar-refractivity contribution in [3.05, 3.63) is 12.2 Å². The molecule has 0 fully saturated rings. The summed E-state index contributed by atoms with van der Waals surface area (Å²) in [5.41, 5.74) is 0. The molecule has 0 aromatic rings. The van der Waals surface area contributed by atoms with E-state index >= 15 is 0 Å². The summed E-state index contributed by atoms with van der Waals surface area (Å²) in [4.78, 5) is 33.0. The average molecular weight is 242 g/mol. The Bertz CT molecular complexity index is 323. The molecule has 0 radical (unpaired) electrons. The molecule has 0 aliphatic rings. The lowest BCUT2D eigenvalue weighted by Gasteiger charge is -2.18. The molecule has 0 bridgehead atoms. The predicted molar refractivity (Wildman–Crippen MR) is 62.2 cm³/mol. The van der Waals surface area contributed by atoms with Crippen LogP contribution in [0.25, 0.3) is 0 Å². The summed E-state index contributed by atoms with van der Waals surface area (Å²) in [6.07, 6.45) is 2.11. The van der Waals surface area contributed by atoms with Crippen molar-refractivity contribution in [2.75, 3.05) is 7.05 Å². The number of carboxylic acids is 1. The van der Waals surface area contributed by atoms with E-state index in [1.807, 2.05) is 13.8 Å². The summed E-state index contributed by atoms with van der Waals surface area (Å²) in [5, 5.41) is 13.3.